The fraction of sp³-hybridized carbons (Fsp3) is 0. The highest BCUT2D eigenvalue weighted by molar-refractivity contribution is 6.63. The van der Waals surface area contributed by atoms with Crippen molar-refractivity contribution >= 4 is 35.8 Å². The maximum Gasteiger partial charge on any atom is 0.490 e. The zero-order valence-corrected chi connectivity index (χ0v) is 7.34. The Bertz CT molecular complexity index is 303. The zero-order chi connectivity index (χ0) is 9.30. The number of hydrogen-bond acceptors (Lipinski definition) is 3. The first-order valence-corrected chi connectivity index (χ1v) is 3.82. The van der Waals surface area contributed by atoms with E-state index in [1.165, 1.54) is 6.07 Å². The molecule has 6 heteroatoms. The summed E-state index contributed by atoms with van der Waals surface area (Å²) in [4.78, 5) is 0. The molecule has 0 saturated heterocycles. The first-order chi connectivity index (χ1) is 5.52. The van der Waals surface area contributed by atoms with Gasteiger partial charge in [0.1, 0.15) is 5.75 Å². The van der Waals surface area contributed by atoms with Crippen LogP contribution in [0.25, 0.3) is 0 Å². The number of benzene rings is 1. The monoisotopic (exact) mass is 206 g/mol. The van der Waals surface area contributed by atoms with E-state index < -0.39 is 7.12 Å². The van der Waals surface area contributed by atoms with Crippen LogP contribution in [0.5, 0.6) is 5.75 Å². The van der Waals surface area contributed by atoms with Gasteiger partial charge < -0.3 is 15.2 Å². The summed E-state index contributed by atoms with van der Waals surface area (Å²) in [6, 6.07) is 2.35. The molecule has 1 aromatic rings. The van der Waals surface area contributed by atoms with Gasteiger partial charge in [0, 0.05) is 10.5 Å². The molecular weight excluding hydrogens is 202 g/mol. The van der Waals surface area contributed by atoms with Crippen molar-refractivity contribution in [2.45, 2.75) is 0 Å². The van der Waals surface area contributed by atoms with Crippen molar-refractivity contribution < 1.29 is 15.2 Å². The Morgan fingerprint density at radius 3 is 2.17 bits per heavy atom. The molecule has 3 N–H and O–H groups in total. The molecule has 3 nitrogen and oxygen atoms in total. The molecule has 0 radical (unpaired) electrons. The molecule has 1 aromatic carbocycles. The van der Waals surface area contributed by atoms with Gasteiger partial charge in [0.2, 0.25) is 0 Å². The smallest absolute Gasteiger partial charge is 0.490 e. The Balaban J connectivity index is 3.23. The van der Waals surface area contributed by atoms with E-state index in [1.807, 2.05) is 0 Å². The van der Waals surface area contributed by atoms with Crippen LogP contribution in [-0.4, -0.2) is 22.3 Å². The molecule has 0 aromatic heterocycles. The van der Waals surface area contributed by atoms with Gasteiger partial charge in [-0.1, -0.05) is 23.2 Å². The van der Waals surface area contributed by atoms with E-state index in [4.69, 9.17) is 38.4 Å². The Labute approximate surface area is 79.3 Å². The van der Waals surface area contributed by atoms with Gasteiger partial charge in [0.05, 0.1) is 5.02 Å². The van der Waals surface area contributed by atoms with Crippen molar-refractivity contribution in [2.24, 2.45) is 0 Å². The third kappa shape index (κ3) is 1.84. The van der Waals surface area contributed by atoms with Crippen LogP contribution in [-0.2, 0) is 0 Å². The molecule has 0 aliphatic rings. The summed E-state index contributed by atoms with van der Waals surface area (Å²) < 4.78 is 0. The maximum atomic E-state index is 9.03. The van der Waals surface area contributed by atoms with Gasteiger partial charge in [-0.25, -0.2) is 0 Å². The third-order valence-corrected chi connectivity index (χ3v) is 1.97. The highest BCUT2D eigenvalue weighted by Crippen LogP contribution is 2.24. The number of phenols is 1. The second-order valence-electron chi connectivity index (χ2n) is 2.20. The maximum absolute atomic E-state index is 9.03. The zero-order valence-electron chi connectivity index (χ0n) is 5.83. The molecule has 0 heterocycles. The summed E-state index contributed by atoms with van der Waals surface area (Å²) in [5.74, 6) is -0.189. The van der Waals surface area contributed by atoms with Crippen molar-refractivity contribution in [1.29, 1.82) is 0 Å². The van der Waals surface area contributed by atoms with Crippen molar-refractivity contribution in [3.63, 3.8) is 0 Å². The van der Waals surface area contributed by atoms with Crippen LogP contribution in [0.15, 0.2) is 12.1 Å². The first kappa shape index (κ1) is 9.67. The summed E-state index contributed by atoms with van der Waals surface area (Å²) in [5.41, 5.74) is 0.0690. The van der Waals surface area contributed by atoms with Crippen LogP contribution in [0.4, 0.5) is 0 Å². The van der Waals surface area contributed by atoms with Crippen molar-refractivity contribution in [3.8, 4) is 5.75 Å². The van der Waals surface area contributed by atoms with Crippen LogP contribution >= 0.6 is 23.2 Å². The number of aromatic hydroxyl groups is 1. The van der Waals surface area contributed by atoms with Gasteiger partial charge in [-0.15, -0.1) is 0 Å². The largest absolute Gasteiger partial charge is 0.506 e. The summed E-state index contributed by atoms with van der Waals surface area (Å²) >= 11 is 11.1. The van der Waals surface area contributed by atoms with E-state index in [-0.39, 0.29) is 21.3 Å². The predicted molar refractivity (Wildman–Crippen MR) is 48.0 cm³/mol. The molecule has 0 saturated carbocycles. The van der Waals surface area contributed by atoms with E-state index in [0.717, 1.165) is 6.07 Å². The normalized spacial score (nSPS) is 10.0. The second kappa shape index (κ2) is 3.54. The molecular formula is C6H5BCl2O3. The van der Waals surface area contributed by atoms with Gasteiger partial charge in [-0.3, -0.25) is 0 Å². The van der Waals surface area contributed by atoms with Gasteiger partial charge >= 0.3 is 7.12 Å². The minimum Gasteiger partial charge on any atom is -0.506 e. The van der Waals surface area contributed by atoms with Crippen molar-refractivity contribution in [3.05, 3.63) is 22.2 Å². The average Bonchev–Trinajstić information content (AvgIpc) is 1.96. The van der Waals surface area contributed by atoms with Crippen LogP contribution in [0.3, 0.4) is 0 Å². The van der Waals surface area contributed by atoms with Crippen LogP contribution in [0, 0.1) is 0 Å². The Morgan fingerprint density at radius 2 is 1.67 bits per heavy atom. The molecule has 0 aliphatic heterocycles. The number of rotatable bonds is 1. The van der Waals surface area contributed by atoms with Crippen molar-refractivity contribution in [2.75, 3.05) is 0 Å². The molecule has 64 valence electrons. The highest BCUT2D eigenvalue weighted by atomic mass is 35.5. The lowest BCUT2D eigenvalue weighted by Gasteiger charge is -2.04. The van der Waals surface area contributed by atoms with Crippen LogP contribution in [0.1, 0.15) is 0 Å². The lowest BCUT2D eigenvalue weighted by molar-refractivity contribution is 0.425. The standard InChI is InChI=1S/C6H5BCl2O3/c8-4-2-6(10)5(9)1-3(4)7(11)12/h1-2,10-12H. The van der Waals surface area contributed by atoms with Gasteiger partial charge in [-0.05, 0) is 12.1 Å². The second-order valence-corrected chi connectivity index (χ2v) is 3.01. The Kier molecular flexibility index (Phi) is 2.85. The number of phenolic OH excluding ortho intramolecular Hbond substituents is 1. The molecule has 0 amide bonds. The molecule has 0 fully saturated rings. The minimum absolute atomic E-state index is 0.0301. The van der Waals surface area contributed by atoms with Gasteiger partial charge in [0.15, 0.2) is 0 Å². The minimum atomic E-state index is -1.68. The van der Waals surface area contributed by atoms with Gasteiger partial charge in [0.25, 0.3) is 0 Å². The highest BCUT2D eigenvalue weighted by Gasteiger charge is 2.17. The van der Waals surface area contributed by atoms with E-state index in [0.29, 0.717) is 0 Å². The molecule has 1 rings (SSSR count). The summed E-state index contributed by atoms with van der Waals surface area (Å²) in [5, 5.41) is 26.6. The lowest BCUT2D eigenvalue weighted by Crippen LogP contribution is -2.30. The number of halogens is 2. The fourth-order valence-corrected chi connectivity index (χ4v) is 1.18. The Hall–Kier alpha value is -0.415. The fourth-order valence-electron chi connectivity index (χ4n) is 0.750. The van der Waals surface area contributed by atoms with Gasteiger partial charge in [-0.2, -0.15) is 0 Å². The van der Waals surface area contributed by atoms with E-state index in [1.54, 1.807) is 0 Å². The molecule has 0 atom stereocenters. The van der Waals surface area contributed by atoms with Crippen molar-refractivity contribution in [1.82, 2.24) is 0 Å². The molecule has 0 aliphatic carbocycles. The number of hydrogen-bond donors (Lipinski definition) is 3. The molecule has 0 bridgehead atoms. The molecule has 0 spiro atoms. The third-order valence-electron chi connectivity index (χ3n) is 1.34. The van der Waals surface area contributed by atoms with Crippen LogP contribution in [0.2, 0.25) is 10.0 Å². The first-order valence-electron chi connectivity index (χ1n) is 3.06. The topological polar surface area (TPSA) is 60.7 Å². The molecule has 12 heavy (non-hydrogen) atoms. The quantitative estimate of drug-likeness (QED) is 0.583. The summed E-state index contributed by atoms with van der Waals surface area (Å²) in [6.07, 6.45) is 0. The SMILES string of the molecule is OB(O)c1cc(Cl)c(O)cc1Cl. The van der Waals surface area contributed by atoms with E-state index in [9.17, 15) is 0 Å². The average molecular weight is 207 g/mol. The summed E-state index contributed by atoms with van der Waals surface area (Å²) in [6.45, 7) is 0. The Morgan fingerprint density at radius 1 is 1.08 bits per heavy atom. The van der Waals surface area contributed by atoms with E-state index >= 15 is 0 Å². The molecule has 0 unspecified atom stereocenters. The van der Waals surface area contributed by atoms with E-state index in [2.05, 4.69) is 0 Å². The van der Waals surface area contributed by atoms with Crippen LogP contribution < -0.4 is 5.46 Å². The summed E-state index contributed by atoms with van der Waals surface area (Å²) in [7, 11) is -1.68. The predicted octanol–water partition coefficient (Wildman–Crippen LogP) is 0.379. The lowest BCUT2D eigenvalue weighted by atomic mass is 9.80.